The van der Waals surface area contributed by atoms with Gasteiger partial charge in [0.05, 0.1) is 6.61 Å². The van der Waals surface area contributed by atoms with Gasteiger partial charge in [0.25, 0.3) is 0 Å². The summed E-state index contributed by atoms with van der Waals surface area (Å²) in [6, 6.07) is 0. The highest BCUT2D eigenvalue weighted by Gasteiger charge is 2.51. The lowest BCUT2D eigenvalue weighted by Gasteiger charge is -2.36. The van der Waals surface area contributed by atoms with Crippen molar-refractivity contribution in [2.45, 2.75) is 46.1 Å². The van der Waals surface area contributed by atoms with Crippen molar-refractivity contribution in [1.82, 2.24) is 10.2 Å². The van der Waals surface area contributed by atoms with Crippen molar-refractivity contribution in [2.24, 2.45) is 11.8 Å². The van der Waals surface area contributed by atoms with E-state index >= 15 is 0 Å². The van der Waals surface area contributed by atoms with Gasteiger partial charge in [-0.05, 0) is 45.2 Å². The molecule has 0 saturated heterocycles. The van der Waals surface area contributed by atoms with E-state index in [9.17, 15) is 4.79 Å². The topological polar surface area (TPSA) is 41.6 Å². The molecule has 0 aliphatic heterocycles. The highest BCUT2D eigenvalue weighted by Crippen LogP contribution is 2.41. The predicted octanol–water partition coefficient (Wildman–Crippen LogP) is 1.90. The molecule has 0 aromatic carbocycles. The van der Waals surface area contributed by atoms with Crippen LogP contribution in [0, 0.1) is 11.8 Å². The number of hydrogen-bond donors (Lipinski definition) is 1. The number of carbonyl (C=O) groups excluding carboxylic acids is 1. The summed E-state index contributed by atoms with van der Waals surface area (Å²) < 4.78 is 5.32. The molecule has 0 amide bonds. The molecule has 0 aromatic heterocycles. The zero-order valence-corrected chi connectivity index (χ0v) is 13.2. The lowest BCUT2D eigenvalue weighted by molar-refractivity contribution is -0.153. The number of likely N-dealkylation sites (N-methyl/N-ethyl adjacent to an activating group) is 2. The van der Waals surface area contributed by atoms with Crippen LogP contribution in [0.25, 0.3) is 0 Å². The summed E-state index contributed by atoms with van der Waals surface area (Å²) in [5.74, 6) is 0.955. The summed E-state index contributed by atoms with van der Waals surface area (Å²) in [5.41, 5.74) is -0.513. The van der Waals surface area contributed by atoms with Crippen LogP contribution in [0.2, 0.25) is 0 Å². The fourth-order valence-corrected chi connectivity index (χ4v) is 2.76. The summed E-state index contributed by atoms with van der Waals surface area (Å²) in [6.07, 6.45) is 2.25. The molecule has 19 heavy (non-hydrogen) atoms. The first-order valence-electron chi connectivity index (χ1n) is 7.58. The Morgan fingerprint density at radius 1 is 1.42 bits per heavy atom. The number of nitrogens with one attached hydrogen (secondary N) is 1. The molecule has 1 N–H and O–H groups in total. The first kappa shape index (κ1) is 16.4. The van der Waals surface area contributed by atoms with Crippen LogP contribution in [0.5, 0.6) is 0 Å². The third-order valence-electron chi connectivity index (χ3n) is 3.90. The van der Waals surface area contributed by atoms with Crippen molar-refractivity contribution >= 4 is 5.97 Å². The van der Waals surface area contributed by atoms with Gasteiger partial charge in [-0.25, -0.2) is 4.79 Å². The van der Waals surface area contributed by atoms with E-state index in [0.717, 1.165) is 32.5 Å². The molecule has 0 radical (unpaired) electrons. The maximum atomic E-state index is 12.4. The van der Waals surface area contributed by atoms with Gasteiger partial charge >= 0.3 is 5.97 Å². The van der Waals surface area contributed by atoms with E-state index in [1.165, 1.54) is 0 Å². The molecule has 0 spiro atoms. The minimum Gasteiger partial charge on any atom is -0.465 e. The Morgan fingerprint density at radius 2 is 2.05 bits per heavy atom. The van der Waals surface area contributed by atoms with Gasteiger partial charge in [0, 0.05) is 13.1 Å². The summed E-state index contributed by atoms with van der Waals surface area (Å²) in [6.45, 7) is 11.6. The Morgan fingerprint density at radius 3 is 2.42 bits per heavy atom. The largest absolute Gasteiger partial charge is 0.465 e. The van der Waals surface area contributed by atoms with Crippen molar-refractivity contribution < 1.29 is 9.53 Å². The molecule has 1 aliphatic rings. The van der Waals surface area contributed by atoms with E-state index in [0.29, 0.717) is 18.4 Å². The minimum atomic E-state index is -0.513. The van der Waals surface area contributed by atoms with Gasteiger partial charge in [-0.2, -0.15) is 0 Å². The number of ether oxygens (including phenoxy) is 1. The summed E-state index contributed by atoms with van der Waals surface area (Å²) >= 11 is 0. The second kappa shape index (κ2) is 7.25. The van der Waals surface area contributed by atoms with E-state index in [-0.39, 0.29) is 5.97 Å². The maximum Gasteiger partial charge on any atom is 0.327 e. The first-order valence-corrected chi connectivity index (χ1v) is 7.58. The molecule has 4 heteroatoms. The monoisotopic (exact) mass is 270 g/mol. The van der Waals surface area contributed by atoms with E-state index in [2.05, 4.69) is 31.0 Å². The molecule has 0 aromatic rings. The summed E-state index contributed by atoms with van der Waals surface area (Å²) in [4.78, 5) is 14.8. The molecule has 1 unspecified atom stereocenters. The molecular formula is C15H30N2O2. The van der Waals surface area contributed by atoms with E-state index < -0.39 is 5.54 Å². The third-order valence-corrected chi connectivity index (χ3v) is 3.90. The molecule has 4 nitrogen and oxygen atoms in total. The summed E-state index contributed by atoms with van der Waals surface area (Å²) in [5, 5.41) is 3.28. The average Bonchev–Trinajstić information content (AvgIpc) is 3.18. The average molecular weight is 270 g/mol. The molecule has 0 bridgehead atoms. The van der Waals surface area contributed by atoms with Gasteiger partial charge in [-0.1, -0.05) is 20.8 Å². The van der Waals surface area contributed by atoms with Crippen LogP contribution in [0.15, 0.2) is 0 Å². The van der Waals surface area contributed by atoms with Crippen molar-refractivity contribution in [3.05, 3.63) is 0 Å². The molecule has 112 valence electrons. The van der Waals surface area contributed by atoms with Gasteiger partial charge < -0.3 is 15.0 Å². The molecule has 1 rings (SSSR count). The van der Waals surface area contributed by atoms with Gasteiger partial charge in [-0.3, -0.25) is 0 Å². The Bertz CT molecular complexity index is 290. The first-order chi connectivity index (χ1) is 9.00. The van der Waals surface area contributed by atoms with Crippen LogP contribution in [0.4, 0.5) is 0 Å². The SMILES string of the molecule is CCOC(=O)C(CN(CC)CC(C)C)(NC)C1CC1. The molecule has 1 saturated carbocycles. The third kappa shape index (κ3) is 4.18. The second-order valence-corrected chi connectivity index (χ2v) is 5.94. The van der Waals surface area contributed by atoms with Crippen LogP contribution in [0.3, 0.4) is 0 Å². The van der Waals surface area contributed by atoms with Crippen molar-refractivity contribution in [1.29, 1.82) is 0 Å². The van der Waals surface area contributed by atoms with Crippen LogP contribution < -0.4 is 5.32 Å². The number of nitrogens with zero attached hydrogens (tertiary/aromatic N) is 1. The zero-order valence-electron chi connectivity index (χ0n) is 13.2. The molecule has 0 heterocycles. The Balaban J connectivity index is 2.80. The Labute approximate surface area is 117 Å². The molecular weight excluding hydrogens is 240 g/mol. The smallest absolute Gasteiger partial charge is 0.327 e. The van der Waals surface area contributed by atoms with E-state index in [1.807, 2.05) is 14.0 Å². The highest BCUT2D eigenvalue weighted by molar-refractivity contribution is 5.82. The van der Waals surface area contributed by atoms with Gasteiger partial charge in [0.1, 0.15) is 5.54 Å². The zero-order chi connectivity index (χ0) is 14.5. The van der Waals surface area contributed by atoms with Gasteiger partial charge in [0.15, 0.2) is 0 Å². The Hall–Kier alpha value is -0.610. The highest BCUT2D eigenvalue weighted by atomic mass is 16.5. The maximum absolute atomic E-state index is 12.4. The normalized spacial score (nSPS) is 18.7. The van der Waals surface area contributed by atoms with Gasteiger partial charge in [0.2, 0.25) is 0 Å². The lowest BCUT2D eigenvalue weighted by atomic mass is 9.92. The number of carbonyl (C=O) groups is 1. The fraction of sp³-hybridized carbons (Fsp3) is 0.933. The molecule has 1 fully saturated rings. The molecule has 1 aliphatic carbocycles. The minimum absolute atomic E-state index is 0.0813. The summed E-state index contributed by atoms with van der Waals surface area (Å²) in [7, 11) is 1.89. The second-order valence-electron chi connectivity index (χ2n) is 5.94. The fourth-order valence-electron chi connectivity index (χ4n) is 2.76. The van der Waals surface area contributed by atoms with Crippen LogP contribution in [-0.4, -0.2) is 49.7 Å². The van der Waals surface area contributed by atoms with Crippen LogP contribution in [0.1, 0.15) is 40.5 Å². The number of esters is 1. The van der Waals surface area contributed by atoms with Crippen LogP contribution >= 0.6 is 0 Å². The lowest BCUT2D eigenvalue weighted by Crippen LogP contribution is -2.60. The van der Waals surface area contributed by atoms with Crippen molar-refractivity contribution in [3.63, 3.8) is 0 Å². The quantitative estimate of drug-likeness (QED) is 0.650. The van der Waals surface area contributed by atoms with Gasteiger partial charge in [-0.15, -0.1) is 0 Å². The predicted molar refractivity (Wildman–Crippen MR) is 78.1 cm³/mol. The number of rotatable bonds is 9. The van der Waals surface area contributed by atoms with Crippen molar-refractivity contribution in [2.75, 3.05) is 33.3 Å². The van der Waals surface area contributed by atoms with E-state index in [4.69, 9.17) is 4.74 Å². The Kier molecular flexibility index (Phi) is 6.27. The standard InChI is InChI=1S/C15H30N2O2/c1-6-17(10-12(3)4)11-15(16-5,13-8-9-13)14(18)19-7-2/h12-13,16H,6-11H2,1-5H3. The molecule has 1 atom stereocenters. The van der Waals surface area contributed by atoms with E-state index in [1.54, 1.807) is 0 Å². The van der Waals surface area contributed by atoms with Crippen molar-refractivity contribution in [3.8, 4) is 0 Å². The van der Waals surface area contributed by atoms with Crippen LogP contribution in [-0.2, 0) is 9.53 Å². The number of hydrogen-bond acceptors (Lipinski definition) is 4.